The fraction of sp³-hybridized carbons (Fsp3) is 0.712. The van der Waals surface area contributed by atoms with E-state index in [1.54, 1.807) is 0 Å². The maximum absolute atomic E-state index is 12.7. The number of unbranched alkanes of at least 4 members (excludes halogenated alkanes) is 22. The van der Waals surface area contributed by atoms with Crippen molar-refractivity contribution >= 4 is 25.7 Å². The number of likely N-dealkylation sites (N-methyl/N-ethyl adjacent to an activating group) is 1. The summed E-state index contributed by atoms with van der Waals surface area (Å²) in [7, 11) is 1.44. The van der Waals surface area contributed by atoms with Crippen molar-refractivity contribution in [3.8, 4) is 0 Å². The molecule has 2 atom stereocenters. The zero-order valence-corrected chi connectivity index (χ0v) is 51.5. The van der Waals surface area contributed by atoms with E-state index in [4.69, 9.17) is 18.5 Å². The Hall–Kier alpha value is -3.60. The Morgan fingerprint density at radius 1 is 0.436 bits per heavy atom. The van der Waals surface area contributed by atoms with Gasteiger partial charge in [-0.1, -0.05) is 234 Å². The lowest BCUT2D eigenvalue weighted by Crippen LogP contribution is -2.37. The summed E-state index contributed by atoms with van der Waals surface area (Å²) in [6, 6.07) is 0. The third kappa shape index (κ3) is 66.7. The minimum absolute atomic E-state index is 0.0213. The van der Waals surface area contributed by atoms with Crippen LogP contribution in [0.15, 0.2) is 97.2 Å². The number of carbonyl (C=O) groups excluding carboxylic acids is 3. The van der Waals surface area contributed by atoms with Gasteiger partial charge in [0.05, 0.1) is 27.7 Å². The monoisotopic (exact) mass is 1110 g/mol. The quantitative estimate of drug-likeness (QED) is 0.0205. The summed E-state index contributed by atoms with van der Waals surface area (Å²) in [6.45, 7) is 6.56. The van der Waals surface area contributed by atoms with Gasteiger partial charge in [-0.15, -0.1) is 0 Å². The van der Waals surface area contributed by atoms with Crippen LogP contribution in [0.1, 0.15) is 252 Å². The number of hydrogen-bond donors (Lipinski definition) is 1. The second-order valence-electron chi connectivity index (χ2n) is 21.4. The molecule has 0 aliphatic carbocycles. The Morgan fingerprint density at radius 3 is 1.15 bits per heavy atom. The second-order valence-corrected chi connectivity index (χ2v) is 22.9. The largest absolute Gasteiger partial charge is 0.550 e. The van der Waals surface area contributed by atoms with Gasteiger partial charge in [0.25, 0.3) is 0 Å². The Bertz CT molecular complexity index is 1670. The van der Waals surface area contributed by atoms with E-state index in [0.29, 0.717) is 23.9 Å². The first-order valence-electron chi connectivity index (χ1n) is 30.9. The van der Waals surface area contributed by atoms with Crippen LogP contribution in [0, 0.1) is 0 Å². The Kier molecular flexibility index (Phi) is 58.4. The lowest BCUT2D eigenvalue weighted by Gasteiger charge is -2.24. The molecular weight excluding hydrogens is 998 g/mol. The number of nitrogens with zero attached hydrogens (tertiary/aromatic N) is 1. The van der Waals surface area contributed by atoms with Gasteiger partial charge in [-0.05, 0) is 103 Å². The lowest BCUT2D eigenvalue weighted by molar-refractivity contribution is -0.870. The predicted molar refractivity (Wildman–Crippen MR) is 327 cm³/mol. The third-order valence-corrected chi connectivity index (χ3v) is 13.6. The molecular formula is C66H116NO10P. The topological polar surface area (TPSA) is 148 Å². The number of phosphoric ester groups is 1. The summed E-state index contributed by atoms with van der Waals surface area (Å²) in [4.78, 5) is 45.5. The number of aliphatic carboxylic acids is 1. The molecule has 1 N–H and O–H groups in total. The Morgan fingerprint density at radius 2 is 0.769 bits per heavy atom. The van der Waals surface area contributed by atoms with Gasteiger partial charge in [0.2, 0.25) is 0 Å². The smallest absolute Gasteiger partial charge is 0.472 e. The molecule has 0 fully saturated rings. The maximum Gasteiger partial charge on any atom is 0.472 e. The SMILES string of the molecule is CCCCC/C=C\C/C=C\C/C=C\C/C=C\CCCC(=O)O[C@H](COC(=O)CCCCCCCCCCCCCCCCC)COP(=O)(O)OCC[N+](C)(C)C.CCCCC/C=C\C/C=C\C/C=C\C/C=C\CCCC(=O)[O-]. The van der Waals surface area contributed by atoms with Gasteiger partial charge in [0.15, 0.2) is 6.10 Å². The van der Waals surface area contributed by atoms with Crippen molar-refractivity contribution in [1.29, 1.82) is 0 Å². The first-order chi connectivity index (χ1) is 37.8. The summed E-state index contributed by atoms with van der Waals surface area (Å²) < 4.78 is 34.2. The summed E-state index contributed by atoms with van der Waals surface area (Å²) in [5.41, 5.74) is 0. The zero-order valence-electron chi connectivity index (χ0n) is 50.6. The molecule has 0 rings (SSSR count). The number of carbonyl (C=O) groups is 3. The highest BCUT2D eigenvalue weighted by molar-refractivity contribution is 7.47. The minimum atomic E-state index is -4.39. The molecule has 0 aromatic heterocycles. The van der Waals surface area contributed by atoms with Crippen LogP contribution in [-0.4, -0.2) is 80.9 Å². The third-order valence-electron chi connectivity index (χ3n) is 12.6. The van der Waals surface area contributed by atoms with Crippen LogP contribution in [-0.2, 0) is 37.5 Å². The van der Waals surface area contributed by atoms with Crippen molar-refractivity contribution in [1.82, 2.24) is 0 Å². The van der Waals surface area contributed by atoms with Crippen LogP contribution in [0.2, 0.25) is 0 Å². The lowest BCUT2D eigenvalue weighted by atomic mass is 10.0. The van der Waals surface area contributed by atoms with Gasteiger partial charge >= 0.3 is 19.8 Å². The average Bonchev–Trinajstić information content (AvgIpc) is 3.39. The van der Waals surface area contributed by atoms with E-state index in [9.17, 15) is 28.9 Å². The number of carboxylic acid groups (broad SMARTS) is 1. The molecule has 11 nitrogen and oxygen atoms in total. The van der Waals surface area contributed by atoms with Crippen LogP contribution in [0.4, 0.5) is 0 Å². The fourth-order valence-corrected chi connectivity index (χ4v) is 8.50. The van der Waals surface area contributed by atoms with E-state index in [1.165, 1.54) is 128 Å². The van der Waals surface area contributed by atoms with Crippen molar-refractivity contribution in [2.75, 3.05) is 47.5 Å². The molecule has 0 spiro atoms. The van der Waals surface area contributed by atoms with Crippen LogP contribution in [0.3, 0.4) is 0 Å². The first kappa shape index (κ1) is 76.5. The van der Waals surface area contributed by atoms with E-state index in [-0.39, 0.29) is 38.4 Å². The van der Waals surface area contributed by atoms with Crippen LogP contribution >= 0.6 is 7.82 Å². The molecule has 78 heavy (non-hydrogen) atoms. The fourth-order valence-electron chi connectivity index (χ4n) is 7.75. The molecule has 0 saturated carbocycles. The van der Waals surface area contributed by atoms with Crippen molar-refractivity contribution in [2.45, 2.75) is 258 Å². The molecule has 0 amide bonds. The molecule has 0 aliphatic rings. The van der Waals surface area contributed by atoms with Crippen molar-refractivity contribution in [2.24, 2.45) is 0 Å². The molecule has 1 unspecified atom stereocenters. The van der Waals surface area contributed by atoms with E-state index in [2.05, 4.69) is 106 Å². The van der Waals surface area contributed by atoms with Gasteiger partial charge < -0.3 is 28.8 Å². The molecule has 0 aromatic carbocycles. The molecule has 450 valence electrons. The number of carboxylic acids is 1. The van der Waals surface area contributed by atoms with E-state index >= 15 is 0 Å². The molecule has 0 aliphatic heterocycles. The summed E-state index contributed by atoms with van der Waals surface area (Å²) in [5, 5.41) is 10.2. The molecule has 12 heteroatoms. The van der Waals surface area contributed by atoms with Gasteiger partial charge in [-0.2, -0.15) is 0 Å². The van der Waals surface area contributed by atoms with Crippen LogP contribution in [0.25, 0.3) is 0 Å². The maximum atomic E-state index is 12.7. The van der Waals surface area contributed by atoms with Crippen molar-refractivity contribution < 1.29 is 52.0 Å². The Labute approximate surface area is 478 Å². The first-order valence-corrected chi connectivity index (χ1v) is 32.4. The number of allylic oxidation sites excluding steroid dienone is 16. The minimum Gasteiger partial charge on any atom is -0.550 e. The highest BCUT2D eigenvalue weighted by Gasteiger charge is 2.27. The number of esters is 2. The normalized spacial score (nSPS) is 13.6. The summed E-state index contributed by atoms with van der Waals surface area (Å²) in [6.07, 6.45) is 71.5. The predicted octanol–water partition coefficient (Wildman–Crippen LogP) is 17.6. The number of quaternary nitrogens is 1. The van der Waals surface area contributed by atoms with E-state index in [0.717, 1.165) is 70.6 Å². The summed E-state index contributed by atoms with van der Waals surface area (Å²) in [5.74, 6) is -1.82. The van der Waals surface area contributed by atoms with Crippen molar-refractivity contribution in [3.63, 3.8) is 0 Å². The number of ether oxygens (including phenoxy) is 2. The highest BCUT2D eigenvalue weighted by Crippen LogP contribution is 2.43. The Balaban J connectivity index is 0. The number of phosphoric acid groups is 1. The second kappa shape index (κ2) is 59.5. The van der Waals surface area contributed by atoms with Crippen molar-refractivity contribution in [3.05, 3.63) is 97.2 Å². The number of hydrogen-bond acceptors (Lipinski definition) is 9. The van der Waals surface area contributed by atoms with Gasteiger partial charge in [0.1, 0.15) is 19.8 Å². The van der Waals surface area contributed by atoms with E-state index in [1.807, 2.05) is 33.3 Å². The average molecular weight is 1110 g/mol. The molecule has 0 saturated heterocycles. The van der Waals surface area contributed by atoms with Crippen LogP contribution < -0.4 is 5.11 Å². The molecule has 0 heterocycles. The van der Waals surface area contributed by atoms with Gasteiger partial charge in [-0.25, -0.2) is 4.57 Å². The molecule has 0 radical (unpaired) electrons. The zero-order chi connectivity index (χ0) is 57.7. The standard InChI is InChI=1S/C46H84NO8P.C20H32O2/c1-6-8-10-12-14-16-18-20-22-23-25-27-29-31-33-35-37-39-46(49)55-44(43-54-56(50,51)53-41-40-47(3,4)5)42-52-45(48)38-36-34-32-30-28-26-24-21-19-17-15-13-11-9-7-2;1-2-3-4-5-6-7-8-9-10-11-12-13-14-15-16-17-18-19-20(21)22/h14,16,20,22,25,27,31,33,44H,6-13,15,17-19,21,23-24,26,28-30,32,34-43H2,1-5H3;6-7,9-10,12-13,15-16H,2-5,8,11,14,17-19H2,1H3,(H,21,22)/b16-14-,22-20-,27-25-,33-31-;7-6-,10-9-,13-12-,16-15-/t44-;/m1./s1. The van der Waals surface area contributed by atoms with Gasteiger partial charge in [0, 0.05) is 18.8 Å². The number of rotatable bonds is 54. The van der Waals surface area contributed by atoms with Gasteiger partial charge in [-0.3, -0.25) is 18.6 Å². The molecule has 0 bridgehead atoms. The van der Waals surface area contributed by atoms with Crippen LogP contribution in [0.5, 0.6) is 0 Å². The summed E-state index contributed by atoms with van der Waals surface area (Å²) >= 11 is 0. The highest BCUT2D eigenvalue weighted by atomic mass is 31.2. The van der Waals surface area contributed by atoms with E-state index < -0.39 is 32.5 Å². The molecule has 0 aromatic rings.